The van der Waals surface area contributed by atoms with Gasteiger partial charge in [-0.25, -0.2) is 0 Å². The highest BCUT2D eigenvalue weighted by molar-refractivity contribution is 7.50. The Morgan fingerprint density at radius 3 is 1.75 bits per heavy atom. The molecule has 0 aromatic heterocycles. The summed E-state index contributed by atoms with van der Waals surface area (Å²) in [5.74, 6) is -11.7. The number of benzene rings is 1. The first-order chi connectivity index (χ1) is 8.73. The number of hydrogen-bond acceptors (Lipinski definition) is 0. The van der Waals surface area contributed by atoms with Gasteiger partial charge in [0, 0.05) is 5.56 Å². The van der Waals surface area contributed by atoms with Gasteiger partial charge in [-0.1, -0.05) is 24.3 Å². The van der Waals surface area contributed by atoms with Crippen LogP contribution in [0.15, 0.2) is 24.3 Å². The Balaban J connectivity index is 3.52. The molecule has 0 heterocycles. The highest BCUT2D eigenvalue weighted by Gasteiger charge is 2.74. The highest BCUT2D eigenvalue weighted by Crippen LogP contribution is 2.51. The van der Waals surface area contributed by atoms with Crippen LogP contribution in [0.25, 0.3) is 0 Å². The van der Waals surface area contributed by atoms with Crippen LogP contribution in [0.5, 0.6) is 0 Å². The average molecular weight is 359 g/mol. The molecule has 114 valence electrons. The topological polar surface area (TPSA) is 0 Å². The summed E-state index contributed by atoms with van der Waals surface area (Å²) in [4.78, 5) is 0. The van der Waals surface area contributed by atoms with Crippen molar-refractivity contribution in [2.24, 2.45) is 0 Å². The van der Waals surface area contributed by atoms with Crippen molar-refractivity contribution in [3.8, 4) is 0 Å². The van der Waals surface area contributed by atoms with Gasteiger partial charge in [-0.3, -0.25) is 0 Å². The van der Waals surface area contributed by atoms with Crippen molar-refractivity contribution in [3.05, 3.63) is 29.8 Å². The molecule has 1 aromatic rings. The van der Waals surface area contributed by atoms with Crippen molar-refractivity contribution in [1.82, 2.24) is 0 Å². The van der Waals surface area contributed by atoms with Gasteiger partial charge in [0.2, 0.25) is 0 Å². The van der Waals surface area contributed by atoms with Gasteiger partial charge in [-0.05, 0) is 11.7 Å². The molecule has 0 aliphatic carbocycles. The minimum Gasteiger partial charge on any atom is -0.194 e. The summed E-state index contributed by atoms with van der Waals surface area (Å²) in [5.41, 5.74) is -1.51. The first kappa shape index (κ1) is 17.6. The fourth-order valence-electron chi connectivity index (χ4n) is 1.49. The predicted molar refractivity (Wildman–Crippen MR) is 64.3 cm³/mol. The SMILES string of the molecule is C[Si](Cl)(Cl)c1ccccc1C(F)(F)C(F)(F)C(F)(F)F. The van der Waals surface area contributed by atoms with Crippen LogP contribution in [-0.2, 0) is 5.92 Å². The van der Waals surface area contributed by atoms with Crippen molar-refractivity contribution in [1.29, 1.82) is 0 Å². The smallest absolute Gasteiger partial charge is 0.194 e. The van der Waals surface area contributed by atoms with Crippen molar-refractivity contribution < 1.29 is 30.7 Å². The Labute approximate surface area is 119 Å². The third-order valence-electron chi connectivity index (χ3n) is 2.49. The summed E-state index contributed by atoms with van der Waals surface area (Å²) in [7, 11) is 0. The van der Waals surface area contributed by atoms with Gasteiger partial charge in [-0.2, -0.15) is 30.7 Å². The summed E-state index contributed by atoms with van der Waals surface area (Å²) < 4.78 is 89.8. The number of hydrogen-bond donors (Lipinski definition) is 0. The van der Waals surface area contributed by atoms with Crippen LogP contribution in [0.4, 0.5) is 30.7 Å². The van der Waals surface area contributed by atoms with Gasteiger partial charge >= 0.3 is 18.0 Å². The van der Waals surface area contributed by atoms with Crippen LogP contribution >= 0.6 is 22.2 Å². The lowest BCUT2D eigenvalue weighted by atomic mass is 10.0. The molecule has 0 saturated heterocycles. The van der Waals surface area contributed by atoms with Crippen LogP contribution < -0.4 is 5.19 Å². The molecule has 0 nitrogen and oxygen atoms in total. The molecule has 0 bridgehead atoms. The molecule has 0 fully saturated rings. The third kappa shape index (κ3) is 2.91. The zero-order valence-corrected chi connectivity index (χ0v) is 12.2. The van der Waals surface area contributed by atoms with Gasteiger partial charge in [0.1, 0.15) is 0 Å². The molecule has 0 unspecified atom stereocenters. The molecule has 1 aromatic carbocycles. The van der Waals surface area contributed by atoms with Gasteiger partial charge in [0.25, 0.3) is 6.69 Å². The van der Waals surface area contributed by atoms with Crippen LogP contribution in [-0.4, -0.2) is 18.8 Å². The number of halogens is 9. The zero-order valence-electron chi connectivity index (χ0n) is 9.71. The number of alkyl halides is 7. The highest BCUT2D eigenvalue weighted by atomic mass is 35.7. The van der Waals surface area contributed by atoms with Gasteiger partial charge in [-0.15, -0.1) is 22.2 Å². The Morgan fingerprint density at radius 2 is 1.35 bits per heavy atom. The van der Waals surface area contributed by atoms with Crippen LogP contribution in [0.1, 0.15) is 5.56 Å². The average Bonchev–Trinajstić information content (AvgIpc) is 2.26. The first-order valence-electron chi connectivity index (χ1n) is 5.03. The van der Waals surface area contributed by atoms with E-state index < -0.39 is 35.5 Å². The largest absolute Gasteiger partial charge is 0.460 e. The Kier molecular flexibility index (Phi) is 4.45. The van der Waals surface area contributed by atoms with E-state index in [1.165, 1.54) is 6.07 Å². The molecule has 0 N–H and O–H groups in total. The van der Waals surface area contributed by atoms with Crippen LogP contribution in [0.3, 0.4) is 0 Å². The number of rotatable bonds is 3. The minimum atomic E-state index is -6.40. The van der Waals surface area contributed by atoms with E-state index in [0.717, 1.165) is 18.7 Å². The third-order valence-corrected chi connectivity index (χ3v) is 5.09. The molecule has 0 spiro atoms. The summed E-state index contributed by atoms with van der Waals surface area (Å²) in [6, 6.07) is 3.47. The molecular formula is C10H7Cl2F7Si. The van der Waals surface area contributed by atoms with E-state index in [0.29, 0.717) is 6.07 Å². The van der Waals surface area contributed by atoms with E-state index in [1.807, 2.05) is 0 Å². The second-order valence-corrected chi connectivity index (χ2v) is 11.5. The standard InChI is InChI=1S/C10H7Cl2F7Si/c1-20(11,12)7-5-3-2-4-6(7)8(13,14)9(15,16)10(17,18)19/h2-5H,1H3. The maximum atomic E-state index is 13.7. The molecule has 0 saturated carbocycles. The molecule has 0 radical (unpaired) electrons. The maximum Gasteiger partial charge on any atom is 0.460 e. The second-order valence-electron chi connectivity index (χ2n) is 4.08. The molecule has 0 aliphatic rings. The minimum absolute atomic E-state index is 0.463. The summed E-state index contributed by atoms with van der Waals surface area (Å²) >= 11 is 11.4. The lowest BCUT2D eigenvalue weighted by Crippen LogP contribution is -2.53. The summed E-state index contributed by atoms with van der Waals surface area (Å²) in [6.07, 6.45) is -6.40. The zero-order chi connectivity index (χ0) is 16.0. The van der Waals surface area contributed by atoms with E-state index in [1.54, 1.807) is 0 Å². The Hall–Kier alpha value is -0.473. The van der Waals surface area contributed by atoms with Crippen molar-refractivity contribution in [2.75, 3.05) is 0 Å². The van der Waals surface area contributed by atoms with Crippen LogP contribution in [0, 0.1) is 0 Å². The monoisotopic (exact) mass is 358 g/mol. The molecule has 10 heteroatoms. The predicted octanol–water partition coefficient (Wildman–Crippen LogP) is 4.73. The molecule has 20 heavy (non-hydrogen) atoms. The molecular weight excluding hydrogens is 352 g/mol. The van der Waals surface area contributed by atoms with E-state index in [-0.39, 0.29) is 0 Å². The quantitative estimate of drug-likeness (QED) is 0.416. The molecule has 0 aliphatic heterocycles. The fraction of sp³-hybridized carbons (Fsp3) is 0.400. The normalized spacial score (nSPS) is 14.5. The lowest BCUT2D eigenvalue weighted by molar-refractivity contribution is -0.359. The Morgan fingerprint density at radius 1 is 0.900 bits per heavy atom. The first-order valence-corrected chi connectivity index (χ1v) is 9.55. The maximum absolute atomic E-state index is 13.7. The van der Waals surface area contributed by atoms with E-state index in [2.05, 4.69) is 0 Å². The van der Waals surface area contributed by atoms with E-state index in [4.69, 9.17) is 22.2 Å². The van der Waals surface area contributed by atoms with Crippen molar-refractivity contribution in [2.45, 2.75) is 24.6 Å². The van der Waals surface area contributed by atoms with Gasteiger partial charge < -0.3 is 0 Å². The van der Waals surface area contributed by atoms with Gasteiger partial charge in [0.05, 0.1) is 0 Å². The molecule has 1 rings (SSSR count). The van der Waals surface area contributed by atoms with E-state index in [9.17, 15) is 30.7 Å². The summed E-state index contributed by atoms with van der Waals surface area (Å²) in [6.45, 7) is -2.44. The van der Waals surface area contributed by atoms with Crippen molar-refractivity contribution >= 4 is 34.0 Å². The van der Waals surface area contributed by atoms with Crippen LogP contribution in [0.2, 0.25) is 6.55 Å². The Bertz CT molecular complexity index is 493. The van der Waals surface area contributed by atoms with E-state index >= 15 is 0 Å². The fourth-order valence-corrected chi connectivity index (χ4v) is 3.58. The summed E-state index contributed by atoms with van der Waals surface area (Å²) in [5, 5.41) is -0.586. The molecule has 0 atom stereocenters. The molecule has 0 amide bonds. The van der Waals surface area contributed by atoms with Crippen molar-refractivity contribution in [3.63, 3.8) is 0 Å². The van der Waals surface area contributed by atoms with Gasteiger partial charge in [0.15, 0.2) is 0 Å². The lowest BCUT2D eigenvalue weighted by Gasteiger charge is -2.30. The second kappa shape index (κ2) is 5.06.